The van der Waals surface area contributed by atoms with E-state index in [-0.39, 0.29) is 4.90 Å². The van der Waals surface area contributed by atoms with Crippen molar-refractivity contribution in [3.05, 3.63) is 54.6 Å². The zero-order chi connectivity index (χ0) is 17.7. The second-order valence-electron chi connectivity index (χ2n) is 5.00. The number of sulfonamides is 1. The summed E-state index contributed by atoms with van der Waals surface area (Å²) in [5, 5.41) is 17.6. The van der Waals surface area contributed by atoms with E-state index in [0.29, 0.717) is 0 Å². The number of aliphatic carboxylic acids is 2. The maximum absolute atomic E-state index is 12.2. The molecule has 2 aromatic rings. The highest BCUT2D eigenvalue weighted by Crippen LogP contribution is 2.21. The van der Waals surface area contributed by atoms with Crippen LogP contribution in [0, 0.1) is 0 Å². The molecule has 3 N–H and O–H groups in total. The fourth-order valence-electron chi connectivity index (χ4n) is 2.07. The van der Waals surface area contributed by atoms with Gasteiger partial charge in [0.2, 0.25) is 10.0 Å². The average molecular weight is 349 g/mol. The van der Waals surface area contributed by atoms with Gasteiger partial charge in [-0.05, 0) is 23.3 Å². The minimum atomic E-state index is -4.14. The molecule has 8 heteroatoms. The molecule has 0 heterocycles. The van der Waals surface area contributed by atoms with E-state index in [0.717, 1.165) is 11.1 Å². The molecule has 0 aliphatic heterocycles. The van der Waals surface area contributed by atoms with Gasteiger partial charge in [0.05, 0.1) is 11.3 Å². The molecule has 2 aromatic carbocycles. The summed E-state index contributed by atoms with van der Waals surface area (Å²) in [6.07, 6.45) is -0.851. The fourth-order valence-corrected chi connectivity index (χ4v) is 3.26. The van der Waals surface area contributed by atoms with E-state index in [1.165, 1.54) is 12.1 Å². The Morgan fingerprint density at radius 2 is 1.46 bits per heavy atom. The third kappa shape index (κ3) is 4.40. The molecule has 7 nitrogen and oxygen atoms in total. The summed E-state index contributed by atoms with van der Waals surface area (Å²) in [6.45, 7) is 0. The van der Waals surface area contributed by atoms with Gasteiger partial charge >= 0.3 is 11.9 Å². The Kier molecular flexibility index (Phi) is 5.32. The standard InChI is InChI=1S/C16H15NO6S/c18-15(19)10-14(16(20)21)17-24(22,23)13-8-6-12(7-9-13)11-4-2-1-3-5-11/h1-9,14,17H,10H2,(H,18,19)(H,20,21)/t14-/m0/s1. The first-order chi connectivity index (χ1) is 11.3. The maximum atomic E-state index is 12.2. The first kappa shape index (κ1) is 17.6. The zero-order valence-electron chi connectivity index (χ0n) is 12.4. The molecule has 0 spiro atoms. The zero-order valence-corrected chi connectivity index (χ0v) is 13.2. The lowest BCUT2D eigenvalue weighted by Crippen LogP contribution is -2.42. The van der Waals surface area contributed by atoms with Gasteiger partial charge in [-0.15, -0.1) is 0 Å². The van der Waals surface area contributed by atoms with Crippen LogP contribution in [-0.4, -0.2) is 36.6 Å². The largest absolute Gasteiger partial charge is 0.481 e. The highest BCUT2D eigenvalue weighted by molar-refractivity contribution is 7.89. The van der Waals surface area contributed by atoms with Crippen molar-refractivity contribution in [2.45, 2.75) is 17.4 Å². The quantitative estimate of drug-likeness (QED) is 0.697. The van der Waals surface area contributed by atoms with Crippen LogP contribution in [-0.2, 0) is 19.6 Å². The summed E-state index contributed by atoms with van der Waals surface area (Å²) in [4.78, 5) is 21.5. The summed E-state index contributed by atoms with van der Waals surface area (Å²) in [6, 6.07) is 13.4. The molecule has 0 saturated heterocycles. The smallest absolute Gasteiger partial charge is 0.322 e. The van der Waals surface area contributed by atoms with E-state index >= 15 is 0 Å². The van der Waals surface area contributed by atoms with Crippen LogP contribution in [0.3, 0.4) is 0 Å². The molecule has 0 unspecified atom stereocenters. The van der Waals surface area contributed by atoms with Crippen molar-refractivity contribution in [1.29, 1.82) is 0 Å². The number of carbonyl (C=O) groups is 2. The van der Waals surface area contributed by atoms with Crippen LogP contribution >= 0.6 is 0 Å². The molecule has 0 saturated carbocycles. The van der Waals surface area contributed by atoms with E-state index in [1.54, 1.807) is 12.1 Å². The van der Waals surface area contributed by atoms with Gasteiger partial charge < -0.3 is 10.2 Å². The van der Waals surface area contributed by atoms with Crippen LogP contribution in [0.1, 0.15) is 6.42 Å². The third-order valence-electron chi connectivity index (χ3n) is 3.25. The summed E-state index contributed by atoms with van der Waals surface area (Å²) in [7, 11) is -4.14. The lowest BCUT2D eigenvalue weighted by atomic mass is 10.1. The minimum Gasteiger partial charge on any atom is -0.481 e. The number of carboxylic acid groups (broad SMARTS) is 2. The van der Waals surface area contributed by atoms with E-state index < -0.39 is 34.4 Å². The first-order valence-electron chi connectivity index (χ1n) is 6.92. The van der Waals surface area contributed by atoms with Crippen LogP contribution in [0.5, 0.6) is 0 Å². The van der Waals surface area contributed by atoms with Crippen molar-refractivity contribution >= 4 is 22.0 Å². The second-order valence-corrected chi connectivity index (χ2v) is 6.71. The van der Waals surface area contributed by atoms with Crippen molar-refractivity contribution < 1.29 is 28.2 Å². The van der Waals surface area contributed by atoms with Crippen molar-refractivity contribution in [2.24, 2.45) is 0 Å². The van der Waals surface area contributed by atoms with E-state index in [2.05, 4.69) is 0 Å². The number of rotatable bonds is 7. The van der Waals surface area contributed by atoms with Gasteiger partial charge in [-0.3, -0.25) is 9.59 Å². The Labute approximate surface area is 138 Å². The molecule has 2 rings (SSSR count). The van der Waals surface area contributed by atoms with Gasteiger partial charge in [-0.1, -0.05) is 42.5 Å². The van der Waals surface area contributed by atoms with Crippen LogP contribution in [0.25, 0.3) is 11.1 Å². The topological polar surface area (TPSA) is 121 Å². The fraction of sp³-hybridized carbons (Fsp3) is 0.125. The Bertz CT molecular complexity index is 831. The van der Waals surface area contributed by atoms with Gasteiger partial charge in [0, 0.05) is 0 Å². The van der Waals surface area contributed by atoms with E-state index in [4.69, 9.17) is 10.2 Å². The molecule has 0 aliphatic carbocycles. The number of nitrogens with one attached hydrogen (secondary N) is 1. The maximum Gasteiger partial charge on any atom is 0.322 e. The highest BCUT2D eigenvalue weighted by atomic mass is 32.2. The van der Waals surface area contributed by atoms with Gasteiger partial charge in [0.15, 0.2) is 0 Å². The molecule has 0 aromatic heterocycles. The first-order valence-corrected chi connectivity index (χ1v) is 8.40. The summed E-state index contributed by atoms with van der Waals surface area (Å²) in [5.74, 6) is -2.97. The molecule has 24 heavy (non-hydrogen) atoms. The normalized spacial score (nSPS) is 12.5. The number of hydrogen-bond donors (Lipinski definition) is 3. The number of benzene rings is 2. The van der Waals surface area contributed by atoms with E-state index in [1.807, 2.05) is 35.1 Å². The second kappa shape index (κ2) is 7.24. The summed E-state index contributed by atoms with van der Waals surface area (Å²) < 4.78 is 26.3. The minimum absolute atomic E-state index is 0.140. The lowest BCUT2D eigenvalue weighted by molar-refractivity contribution is -0.145. The lowest BCUT2D eigenvalue weighted by Gasteiger charge is -2.13. The number of carboxylic acids is 2. The molecule has 126 valence electrons. The van der Waals surface area contributed by atoms with Gasteiger partial charge in [-0.2, -0.15) is 4.72 Å². The van der Waals surface area contributed by atoms with Crippen molar-refractivity contribution in [1.82, 2.24) is 4.72 Å². The predicted octanol–water partition coefficient (Wildman–Crippen LogP) is 1.56. The molecular formula is C16H15NO6S. The molecule has 0 aliphatic rings. The Balaban J connectivity index is 2.23. The van der Waals surface area contributed by atoms with Crippen LogP contribution in [0.2, 0.25) is 0 Å². The van der Waals surface area contributed by atoms with Crippen LogP contribution in [0.4, 0.5) is 0 Å². The Morgan fingerprint density at radius 3 is 1.96 bits per heavy atom. The van der Waals surface area contributed by atoms with Crippen molar-refractivity contribution in [3.8, 4) is 11.1 Å². The van der Waals surface area contributed by atoms with Crippen molar-refractivity contribution in [2.75, 3.05) is 0 Å². The Morgan fingerprint density at radius 1 is 0.917 bits per heavy atom. The summed E-state index contributed by atoms with van der Waals surface area (Å²) in [5.41, 5.74) is 1.71. The van der Waals surface area contributed by atoms with Crippen LogP contribution < -0.4 is 4.72 Å². The van der Waals surface area contributed by atoms with Gasteiger partial charge in [0.25, 0.3) is 0 Å². The van der Waals surface area contributed by atoms with Crippen LogP contribution in [0.15, 0.2) is 59.5 Å². The van der Waals surface area contributed by atoms with E-state index in [9.17, 15) is 18.0 Å². The average Bonchev–Trinajstić information content (AvgIpc) is 2.54. The highest BCUT2D eigenvalue weighted by Gasteiger charge is 2.27. The van der Waals surface area contributed by atoms with Gasteiger partial charge in [-0.25, -0.2) is 8.42 Å². The third-order valence-corrected chi connectivity index (χ3v) is 4.73. The SMILES string of the molecule is O=C(O)C[C@H](NS(=O)(=O)c1ccc(-c2ccccc2)cc1)C(=O)O. The van der Waals surface area contributed by atoms with Gasteiger partial charge in [0.1, 0.15) is 6.04 Å². The van der Waals surface area contributed by atoms with Crippen molar-refractivity contribution in [3.63, 3.8) is 0 Å². The predicted molar refractivity (Wildman–Crippen MR) is 85.9 cm³/mol. The molecule has 1 atom stereocenters. The molecule has 0 fully saturated rings. The number of hydrogen-bond acceptors (Lipinski definition) is 4. The Hall–Kier alpha value is -2.71. The monoisotopic (exact) mass is 349 g/mol. The molecule has 0 amide bonds. The molecule has 0 radical (unpaired) electrons. The molecule has 0 bridgehead atoms. The molecular weight excluding hydrogens is 334 g/mol. The summed E-state index contributed by atoms with van der Waals surface area (Å²) >= 11 is 0.